The van der Waals surface area contributed by atoms with E-state index in [1.54, 1.807) is 24.3 Å². The largest absolute Gasteiger partial charge is 0.301 e. The highest BCUT2D eigenvalue weighted by Crippen LogP contribution is 2.22. The number of anilines is 2. The number of hydrogen-bond donors (Lipinski definition) is 2. The van der Waals surface area contributed by atoms with Crippen molar-refractivity contribution in [1.29, 1.82) is 0 Å². The Bertz CT molecular complexity index is 980. The summed E-state index contributed by atoms with van der Waals surface area (Å²) >= 11 is 8.42. The molecule has 1 atom stereocenters. The number of amides is 2. The Labute approximate surface area is 171 Å². The number of carbonyl (C=O) groups is 2. The number of rotatable bonds is 5. The van der Waals surface area contributed by atoms with Gasteiger partial charge in [-0.3, -0.25) is 30.0 Å². The molecule has 0 unspecified atom stereocenters. The van der Waals surface area contributed by atoms with Gasteiger partial charge in [0.1, 0.15) is 12.0 Å². The van der Waals surface area contributed by atoms with Crippen molar-refractivity contribution in [3.63, 3.8) is 0 Å². The van der Waals surface area contributed by atoms with Crippen molar-refractivity contribution in [3.8, 4) is 0 Å². The summed E-state index contributed by atoms with van der Waals surface area (Å²) in [6.45, 7) is 0. The highest BCUT2D eigenvalue weighted by atomic mass is 79.9. The standard InChI is InChI=1S/C16H11BrN6O4S/c17-9-1-3-10(4-2-9)22-15(25)12(14(24)20-16(22)28)8-19-21-13-6-5-11(7-18-13)23(26)27/h1-8,12H,(H,18,21)(H,20,24,28)/b19-8-/t12-/m0/s1. The number of nitrogens with zero attached hydrogens (tertiary/aromatic N) is 4. The molecule has 0 saturated carbocycles. The fourth-order valence-corrected chi connectivity index (χ4v) is 2.85. The van der Waals surface area contributed by atoms with Gasteiger partial charge >= 0.3 is 0 Å². The lowest BCUT2D eigenvalue weighted by Crippen LogP contribution is -2.58. The second-order valence-electron chi connectivity index (χ2n) is 5.47. The van der Waals surface area contributed by atoms with E-state index in [1.807, 2.05) is 0 Å². The Morgan fingerprint density at radius 3 is 2.61 bits per heavy atom. The summed E-state index contributed by atoms with van der Waals surface area (Å²) in [5, 5.41) is 16.9. The molecule has 2 heterocycles. The summed E-state index contributed by atoms with van der Waals surface area (Å²) in [7, 11) is 0. The van der Waals surface area contributed by atoms with E-state index in [2.05, 4.69) is 36.8 Å². The van der Waals surface area contributed by atoms with Crippen LogP contribution in [0.3, 0.4) is 0 Å². The molecule has 2 amide bonds. The van der Waals surface area contributed by atoms with E-state index in [-0.39, 0.29) is 16.6 Å². The molecule has 142 valence electrons. The van der Waals surface area contributed by atoms with E-state index < -0.39 is 22.7 Å². The normalized spacial score (nSPS) is 17.0. The van der Waals surface area contributed by atoms with Crippen LogP contribution in [-0.4, -0.2) is 33.0 Å². The minimum atomic E-state index is -1.21. The first-order valence-electron chi connectivity index (χ1n) is 7.71. The minimum Gasteiger partial charge on any atom is -0.301 e. The van der Waals surface area contributed by atoms with Gasteiger partial charge in [0.15, 0.2) is 11.0 Å². The van der Waals surface area contributed by atoms with Gasteiger partial charge in [-0.25, -0.2) is 4.98 Å². The molecular formula is C16H11BrN6O4S. The predicted octanol–water partition coefficient (Wildman–Crippen LogP) is 2.21. The molecule has 1 aromatic heterocycles. The first-order valence-corrected chi connectivity index (χ1v) is 8.91. The highest BCUT2D eigenvalue weighted by molar-refractivity contribution is 9.10. The van der Waals surface area contributed by atoms with Gasteiger partial charge in [-0.2, -0.15) is 5.10 Å². The topological polar surface area (TPSA) is 130 Å². The van der Waals surface area contributed by atoms with Crippen LogP contribution < -0.4 is 15.6 Å². The quantitative estimate of drug-likeness (QED) is 0.229. The second-order valence-corrected chi connectivity index (χ2v) is 6.77. The van der Waals surface area contributed by atoms with Crippen LogP contribution in [0.5, 0.6) is 0 Å². The van der Waals surface area contributed by atoms with Crippen molar-refractivity contribution < 1.29 is 14.5 Å². The molecule has 0 aliphatic carbocycles. The number of nitrogens with one attached hydrogen (secondary N) is 2. The molecule has 0 spiro atoms. The minimum absolute atomic E-state index is 0.0213. The molecule has 12 heteroatoms. The maximum Gasteiger partial charge on any atom is 0.287 e. The van der Waals surface area contributed by atoms with Crippen molar-refractivity contribution in [1.82, 2.24) is 10.3 Å². The smallest absolute Gasteiger partial charge is 0.287 e. The van der Waals surface area contributed by atoms with Crippen LogP contribution in [-0.2, 0) is 9.59 Å². The molecule has 28 heavy (non-hydrogen) atoms. The summed E-state index contributed by atoms with van der Waals surface area (Å²) < 4.78 is 0.827. The zero-order valence-corrected chi connectivity index (χ0v) is 16.3. The summed E-state index contributed by atoms with van der Waals surface area (Å²) in [6, 6.07) is 9.44. The number of thiocarbonyl (C=S) groups is 1. The van der Waals surface area contributed by atoms with E-state index in [9.17, 15) is 19.7 Å². The van der Waals surface area contributed by atoms with Crippen molar-refractivity contribution in [3.05, 3.63) is 57.2 Å². The first kappa shape index (κ1) is 19.5. The third kappa shape index (κ3) is 4.18. The Morgan fingerprint density at radius 1 is 1.29 bits per heavy atom. The van der Waals surface area contributed by atoms with E-state index in [1.165, 1.54) is 17.0 Å². The average molecular weight is 463 g/mol. The van der Waals surface area contributed by atoms with E-state index in [4.69, 9.17) is 12.2 Å². The highest BCUT2D eigenvalue weighted by Gasteiger charge is 2.38. The average Bonchev–Trinajstić information content (AvgIpc) is 2.66. The zero-order chi connectivity index (χ0) is 20.3. The van der Waals surface area contributed by atoms with Gasteiger partial charge in [0.05, 0.1) is 10.6 Å². The van der Waals surface area contributed by atoms with Crippen LogP contribution in [0, 0.1) is 16.0 Å². The van der Waals surface area contributed by atoms with Gasteiger partial charge in [0, 0.05) is 16.8 Å². The summed E-state index contributed by atoms with van der Waals surface area (Å²) in [6.07, 6.45) is 2.18. The van der Waals surface area contributed by atoms with E-state index in [0.29, 0.717) is 5.69 Å². The maximum atomic E-state index is 12.7. The Morgan fingerprint density at radius 2 is 2.00 bits per heavy atom. The number of nitro groups is 1. The molecule has 3 rings (SSSR count). The lowest BCUT2D eigenvalue weighted by molar-refractivity contribution is -0.385. The number of carbonyl (C=O) groups excluding carboxylic acids is 2. The maximum absolute atomic E-state index is 12.7. The van der Waals surface area contributed by atoms with E-state index in [0.717, 1.165) is 16.9 Å². The predicted molar refractivity (Wildman–Crippen MR) is 109 cm³/mol. The van der Waals surface area contributed by atoms with Gasteiger partial charge < -0.3 is 5.32 Å². The lowest BCUT2D eigenvalue weighted by Gasteiger charge is -2.30. The molecule has 10 nitrogen and oxygen atoms in total. The van der Waals surface area contributed by atoms with Crippen LogP contribution in [0.1, 0.15) is 0 Å². The molecular weight excluding hydrogens is 452 g/mol. The van der Waals surface area contributed by atoms with E-state index >= 15 is 0 Å². The monoisotopic (exact) mass is 462 g/mol. The third-order valence-corrected chi connectivity index (χ3v) is 4.46. The SMILES string of the molecule is O=C1NC(=S)N(c2ccc(Br)cc2)C(=O)[C@H]1/C=N\Nc1ccc([N+](=O)[O-])cn1. The van der Waals surface area contributed by atoms with Crippen molar-refractivity contribution in [2.75, 3.05) is 10.3 Å². The van der Waals surface area contributed by atoms with Gasteiger partial charge in [-0.15, -0.1) is 0 Å². The zero-order valence-electron chi connectivity index (χ0n) is 13.9. The first-order chi connectivity index (χ1) is 13.4. The fourth-order valence-electron chi connectivity index (χ4n) is 2.29. The summed E-state index contributed by atoms with van der Waals surface area (Å²) in [5.41, 5.74) is 2.85. The second kappa shape index (κ2) is 8.19. The Balaban J connectivity index is 1.74. The van der Waals surface area contributed by atoms with Crippen LogP contribution in [0.4, 0.5) is 17.2 Å². The van der Waals surface area contributed by atoms with Crippen LogP contribution in [0.15, 0.2) is 52.2 Å². The van der Waals surface area contributed by atoms with Crippen molar-refractivity contribution in [2.24, 2.45) is 11.0 Å². The van der Waals surface area contributed by atoms with Gasteiger partial charge in [0.25, 0.3) is 11.6 Å². The third-order valence-electron chi connectivity index (χ3n) is 3.65. The molecule has 1 aliphatic rings. The fraction of sp³-hybridized carbons (Fsp3) is 0.0625. The van der Waals surface area contributed by atoms with Gasteiger partial charge in [0.2, 0.25) is 5.91 Å². The molecule has 1 saturated heterocycles. The molecule has 2 N–H and O–H groups in total. The molecule has 1 aromatic carbocycles. The number of hydrogen-bond acceptors (Lipinski definition) is 8. The molecule has 2 aromatic rings. The number of benzene rings is 1. The Kier molecular flexibility index (Phi) is 5.70. The molecule has 1 fully saturated rings. The van der Waals surface area contributed by atoms with Crippen molar-refractivity contribution >= 4 is 68.5 Å². The number of hydrazone groups is 1. The molecule has 0 bridgehead atoms. The van der Waals surface area contributed by atoms with Crippen molar-refractivity contribution in [2.45, 2.75) is 0 Å². The molecule has 0 radical (unpaired) electrons. The summed E-state index contributed by atoms with van der Waals surface area (Å²) in [4.78, 5) is 40.0. The van der Waals surface area contributed by atoms with Crippen LogP contribution in [0.25, 0.3) is 0 Å². The van der Waals surface area contributed by atoms with Gasteiger partial charge in [-0.1, -0.05) is 15.9 Å². The van der Waals surface area contributed by atoms with Crippen LogP contribution in [0.2, 0.25) is 0 Å². The number of halogens is 1. The Hall–Kier alpha value is -3.25. The molecule has 1 aliphatic heterocycles. The number of aromatic nitrogens is 1. The summed E-state index contributed by atoms with van der Waals surface area (Å²) in [5.74, 6) is -2.16. The van der Waals surface area contributed by atoms with Gasteiger partial charge in [-0.05, 0) is 42.5 Å². The lowest BCUT2D eigenvalue weighted by atomic mass is 10.1. The van der Waals surface area contributed by atoms with Crippen LogP contribution >= 0.6 is 28.1 Å². The number of pyridine rings is 1.